The molecule has 1 aromatic heterocycles. The molecule has 0 fully saturated rings. The smallest absolute Gasteiger partial charge is 0.271 e. The molecule has 0 saturated carbocycles. The first kappa shape index (κ1) is 13.2. The average Bonchev–Trinajstić information content (AvgIpc) is 2.88. The maximum atomic E-state index is 11.9. The highest BCUT2D eigenvalue weighted by molar-refractivity contribution is 9.10. The zero-order chi connectivity index (χ0) is 13.8. The fourth-order valence-electron chi connectivity index (χ4n) is 1.47. The monoisotopic (exact) mass is 324 g/mol. The molecule has 0 aliphatic heterocycles. The minimum Gasteiger partial charge on any atom is -0.348 e. The summed E-state index contributed by atoms with van der Waals surface area (Å²) < 4.78 is 0.482. The number of carbonyl (C=O) groups excluding carboxylic acids is 1. The number of nitrogens with one attached hydrogen (secondary N) is 2. The van der Waals surface area contributed by atoms with Crippen molar-refractivity contribution in [2.75, 3.05) is 0 Å². The summed E-state index contributed by atoms with van der Waals surface area (Å²) in [6.45, 7) is 0.301. The lowest BCUT2D eigenvalue weighted by Gasteiger charge is -2.04. The van der Waals surface area contributed by atoms with Crippen molar-refractivity contribution < 1.29 is 9.72 Å². The summed E-state index contributed by atoms with van der Waals surface area (Å²) in [6.07, 6.45) is 3.24. The van der Waals surface area contributed by atoms with E-state index in [4.69, 9.17) is 0 Å². The van der Waals surface area contributed by atoms with E-state index in [1.807, 2.05) is 0 Å². The molecule has 2 N–H and O–H groups in total. The Labute approximate surface area is 116 Å². The summed E-state index contributed by atoms with van der Waals surface area (Å²) in [7, 11) is 0. The number of halogens is 1. The minimum absolute atomic E-state index is 0.136. The Morgan fingerprint density at radius 3 is 2.89 bits per heavy atom. The van der Waals surface area contributed by atoms with E-state index in [2.05, 4.69) is 31.4 Å². The van der Waals surface area contributed by atoms with Crippen LogP contribution in [0.4, 0.5) is 5.69 Å². The normalized spacial score (nSPS) is 10.2. The second-order valence-electron chi connectivity index (χ2n) is 3.74. The molecule has 1 aromatic carbocycles. The third-order valence-electron chi connectivity index (χ3n) is 2.36. The van der Waals surface area contributed by atoms with Crippen molar-refractivity contribution in [1.82, 2.24) is 15.5 Å². The summed E-state index contributed by atoms with van der Waals surface area (Å²) in [5.41, 5.74) is 0.908. The molecule has 1 heterocycles. The van der Waals surface area contributed by atoms with Gasteiger partial charge in [0.1, 0.15) is 0 Å². The fourth-order valence-corrected chi connectivity index (χ4v) is 1.95. The second kappa shape index (κ2) is 5.61. The molecule has 0 atom stereocenters. The Balaban J connectivity index is 2.12. The summed E-state index contributed by atoms with van der Waals surface area (Å²) in [5, 5.41) is 19.7. The van der Waals surface area contributed by atoms with Crippen LogP contribution < -0.4 is 5.32 Å². The van der Waals surface area contributed by atoms with Crippen LogP contribution in [0.25, 0.3) is 0 Å². The van der Waals surface area contributed by atoms with Crippen molar-refractivity contribution >= 4 is 27.5 Å². The number of nitro benzene ring substituents is 1. The van der Waals surface area contributed by atoms with Crippen LogP contribution in [0, 0.1) is 10.1 Å². The van der Waals surface area contributed by atoms with E-state index in [0.29, 0.717) is 11.0 Å². The summed E-state index contributed by atoms with van der Waals surface area (Å²) in [4.78, 5) is 22.1. The molecule has 8 heteroatoms. The van der Waals surface area contributed by atoms with Crippen molar-refractivity contribution in [3.8, 4) is 0 Å². The molecule has 2 rings (SSSR count). The fraction of sp³-hybridized carbons (Fsp3) is 0.0909. The Morgan fingerprint density at radius 2 is 2.26 bits per heavy atom. The topological polar surface area (TPSA) is 101 Å². The second-order valence-corrected chi connectivity index (χ2v) is 4.66. The lowest BCUT2D eigenvalue weighted by Crippen LogP contribution is -2.22. The zero-order valence-corrected chi connectivity index (χ0v) is 11.2. The van der Waals surface area contributed by atoms with Gasteiger partial charge in [-0.15, -0.1) is 0 Å². The third-order valence-corrected chi connectivity index (χ3v) is 2.82. The maximum Gasteiger partial charge on any atom is 0.271 e. The van der Waals surface area contributed by atoms with Crippen molar-refractivity contribution in [3.63, 3.8) is 0 Å². The number of aromatic nitrogens is 2. The Morgan fingerprint density at radius 1 is 1.47 bits per heavy atom. The van der Waals surface area contributed by atoms with Crippen LogP contribution in [0.2, 0.25) is 0 Å². The highest BCUT2D eigenvalue weighted by Crippen LogP contribution is 2.21. The van der Waals surface area contributed by atoms with Crippen LogP contribution in [0.3, 0.4) is 0 Å². The molecule has 0 radical (unpaired) electrons. The number of hydrogen-bond donors (Lipinski definition) is 2. The molecular weight excluding hydrogens is 316 g/mol. The first-order valence-corrected chi connectivity index (χ1v) is 6.06. The zero-order valence-electron chi connectivity index (χ0n) is 9.59. The average molecular weight is 325 g/mol. The summed E-state index contributed by atoms with van der Waals surface area (Å²) in [6, 6.07) is 4.10. The molecule has 1 amide bonds. The maximum absolute atomic E-state index is 11.9. The van der Waals surface area contributed by atoms with E-state index in [1.165, 1.54) is 18.2 Å². The van der Waals surface area contributed by atoms with Crippen molar-refractivity contribution in [2.24, 2.45) is 0 Å². The van der Waals surface area contributed by atoms with Crippen molar-refractivity contribution in [1.29, 1.82) is 0 Å². The number of aromatic amines is 1. The highest BCUT2D eigenvalue weighted by atomic mass is 79.9. The van der Waals surface area contributed by atoms with Gasteiger partial charge in [-0.1, -0.05) is 15.9 Å². The van der Waals surface area contributed by atoms with Crippen LogP contribution in [0.5, 0.6) is 0 Å². The number of rotatable bonds is 4. The number of hydrogen-bond acceptors (Lipinski definition) is 4. The molecule has 0 aliphatic rings. The van der Waals surface area contributed by atoms with Gasteiger partial charge in [0.05, 0.1) is 11.1 Å². The number of nitro groups is 1. The predicted molar refractivity (Wildman–Crippen MR) is 70.6 cm³/mol. The van der Waals surface area contributed by atoms with Gasteiger partial charge in [0.2, 0.25) is 0 Å². The van der Waals surface area contributed by atoms with E-state index >= 15 is 0 Å². The van der Waals surface area contributed by atoms with E-state index in [1.54, 1.807) is 12.4 Å². The van der Waals surface area contributed by atoms with Gasteiger partial charge in [-0.25, -0.2) is 0 Å². The molecule has 0 spiro atoms. The molecule has 2 aromatic rings. The SMILES string of the molecule is O=C(NCc1cn[nH]c1)c1cc(Br)cc([N+](=O)[O-])c1. The molecule has 0 unspecified atom stereocenters. The lowest BCUT2D eigenvalue weighted by atomic mass is 10.2. The third kappa shape index (κ3) is 3.38. The van der Waals surface area contributed by atoms with Crippen molar-refractivity contribution in [2.45, 2.75) is 6.54 Å². The number of amides is 1. The number of nitrogens with zero attached hydrogens (tertiary/aromatic N) is 2. The molecule has 98 valence electrons. The standard InChI is InChI=1S/C11H9BrN4O3/c12-9-1-8(2-10(3-9)16(18)19)11(17)13-4-7-5-14-15-6-7/h1-3,5-6H,4H2,(H,13,17)(H,14,15). The quantitative estimate of drug-likeness (QED) is 0.663. The molecule has 7 nitrogen and oxygen atoms in total. The predicted octanol–water partition coefficient (Wildman–Crippen LogP) is 2.01. The highest BCUT2D eigenvalue weighted by Gasteiger charge is 2.13. The van der Waals surface area contributed by atoms with Crippen LogP contribution in [0.15, 0.2) is 35.1 Å². The number of carbonyl (C=O) groups is 1. The van der Waals surface area contributed by atoms with E-state index < -0.39 is 4.92 Å². The van der Waals surface area contributed by atoms with Gasteiger partial charge < -0.3 is 5.32 Å². The van der Waals surface area contributed by atoms with Gasteiger partial charge in [0, 0.05) is 40.5 Å². The molecule has 0 aliphatic carbocycles. The summed E-state index contributed by atoms with van der Waals surface area (Å²) in [5.74, 6) is -0.384. The van der Waals surface area contributed by atoms with Gasteiger partial charge >= 0.3 is 0 Å². The van der Waals surface area contributed by atoms with E-state index in [0.717, 1.165) is 5.56 Å². The Hall–Kier alpha value is -2.22. The van der Waals surface area contributed by atoms with Gasteiger partial charge in [0.25, 0.3) is 11.6 Å². The van der Waals surface area contributed by atoms with E-state index in [9.17, 15) is 14.9 Å². The van der Waals surface area contributed by atoms with Crippen LogP contribution >= 0.6 is 15.9 Å². The summed E-state index contributed by atoms with van der Waals surface area (Å²) >= 11 is 3.14. The van der Waals surface area contributed by atoms with Crippen molar-refractivity contribution in [3.05, 3.63) is 56.3 Å². The van der Waals surface area contributed by atoms with Gasteiger partial charge in [-0.3, -0.25) is 20.0 Å². The molecule has 0 bridgehead atoms. The van der Waals surface area contributed by atoms with E-state index in [-0.39, 0.29) is 17.2 Å². The lowest BCUT2D eigenvalue weighted by molar-refractivity contribution is -0.385. The Kier molecular flexibility index (Phi) is 3.91. The molecule has 19 heavy (non-hydrogen) atoms. The number of non-ortho nitro benzene ring substituents is 1. The Bertz CT molecular complexity index is 612. The largest absolute Gasteiger partial charge is 0.348 e. The van der Waals surface area contributed by atoms with Gasteiger partial charge in [0.15, 0.2) is 0 Å². The van der Waals surface area contributed by atoms with Crippen LogP contribution in [-0.4, -0.2) is 21.0 Å². The van der Waals surface area contributed by atoms with Crippen LogP contribution in [0.1, 0.15) is 15.9 Å². The van der Waals surface area contributed by atoms with Gasteiger partial charge in [-0.2, -0.15) is 5.10 Å². The molecular formula is C11H9BrN4O3. The number of H-pyrrole nitrogens is 1. The van der Waals surface area contributed by atoms with Gasteiger partial charge in [-0.05, 0) is 6.07 Å². The minimum atomic E-state index is -0.544. The molecule has 0 saturated heterocycles. The van der Waals surface area contributed by atoms with Crippen LogP contribution in [-0.2, 0) is 6.54 Å². The first-order chi connectivity index (χ1) is 9.06. The number of benzene rings is 1. The first-order valence-electron chi connectivity index (χ1n) is 5.27.